The summed E-state index contributed by atoms with van der Waals surface area (Å²) in [6.45, 7) is 0.875. The van der Waals surface area contributed by atoms with Gasteiger partial charge >= 0.3 is 0 Å². The molecule has 4 aromatic rings. The van der Waals surface area contributed by atoms with Gasteiger partial charge in [0.25, 0.3) is 0 Å². The number of aromatic nitrogens is 3. The molecule has 2 aromatic heterocycles. The molecule has 132 valence electrons. The molecule has 0 atom stereocenters. The zero-order valence-electron chi connectivity index (χ0n) is 14.5. The van der Waals surface area contributed by atoms with E-state index in [1.54, 1.807) is 6.33 Å². The molecular weight excluding hydrogens is 354 g/mol. The Morgan fingerprint density at radius 3 is 2.78 bits per heavy atom. The lowest BCUT2D eigenvalue weighted by molar-refractivity contribution is 0.948. The molecule has 5 rings (SSSR count). The molecule has 1 aliphatic heterocycles. The first kappa shape index (κ1) is 16.1. The van der Waals surface area contributed by atoms with Gasteiger partial charge < -0.3 is 10.6 Å². The predicted molar refractivity (Wildman–Crippen MR) is 109 cm³/mol. The zero-order valence-corrected chi connectivity index (χ0v) is 15.4. The van der Waals surface area contributed by atoms with Gasteiger partial charge in [-0.1, -0.05) is 48.2 Å². The summed E-state index contributed by atoms with van der Waals surface area (Å²) in [6, 6.07) is 18.5. The van der Waals surface area contributed by atoms with Crippen molar-refractivity contribution in [2.75, 3.05) is 17.2 Å². The highest BCUT2D eigenvalue weighted by molar-refractivity contribution is 7.99. The standard InChI is InChI=1S/C21H17N5S/c22-18-20(26-12-10-14-5-1-2-8-16(14)26)24-13-25-21(18)27-17-9-3-6-15-7-4-11-23-19(15)17/h1-9,11,13H,10,12,22H2. The van der Waals surface area contributed by atoms with Gasteiger partial charge in [0.05, 0.1) is 5.52 Å². The number of hydrogen-bond acceptors (Lipinski definition) is 6. The van der Waals surface area contributed by atoms with E-state index < -0.39 is 0 Å². The maximum atomic E-state index is 6.50. The molecule has 0 unspecified atom stereocenters. The molecule has 0 radical (unpaired) electrons. The quantitative estimate of drug-likeness (QED) is 0.537. The van der Waals surface area contributed by atoms with Gasteiger partial charge in [0, 0.05) is 28.7 Å². The molecule has 27 heavy (non-hydrogen) atoms. The van der Waals surface area contributed by atoms with E-state index in [0.717, 1.165) is 39.6 Å². The fourth-order valence-corrected chi connectivity index (χ4v) is 4.41. The van der Waals surface area contributed by atoms with Crippen molar-refractivity contribution in [1.29, 1.82) is 0 Å². The summed E-state index contributed by atoms with van der Waals surface area (Å²) in [5.74, 6) is 0.769. The molecule has 2 aromatic carbocycles. The molecule has 0 bridgehead atoms. The first-order chi connectivity index (χ1) is 13.3. The number of benzene rings is 2. The fourth-order valence-electron chi connectivity index (χ4n) is 3.49. The van der Waals surface area contributed by atoms with E-state index in [0.29, 0.717) is 5.69 Å². The minimum Gasteiger partial charge on any atom is -0.394 e. The van der Waals surface area contributed by atoms with Crippen molar-refractivity contribution >= 4 is 39.9 Å². The lowest BCUT2D eigenvalue weighted by atomic mass is 10.2. The van der Waals surface area contributed by atoms with Crippen LogP contribution in [0.5, 0.6) is 0 Å². The average molecular weight is 371 g/mol. The van der Waals surface area contributed by atoms with Crippen molar-refractivity contribution in [3.63, 3.8) is 0 Å². The van der Waals surface area contributed by atoms with Gasteiger partial charge in [-0.15, -0.1) is 0 Å². The van der Waals surface area contributed by atoms with Crippen LogP contribution < -0.4 is 10.6 Å². The summed E-state index contributed by atoms with van der Waals surface area (Å²) in [5, 5.41) is 1.85. The highest BCUT2D eigenvalue weighted by atomic mass is 32.2. The highest BCUT2D eigenvalue weighted by Gasteiger charge is 2.24. The van der Waals surface area contributed by atoms with E-state index in [1.807, 2.05) is 30.5 Å². The van der Waals surface area contributed by atoms with Crippen LogP contribution in [-0.4, -0.2) is 21.5 Å². The summed E-state index contributed by atoms with van der Waals surface area (Å²) >= 11 is 1.53. The third kappa shape index (κ3) is 2.78. The van der Waals surface area contributed by atoms with Crippen LogP contribution in [0.1, 0.15) is 5.56 Å². The summed E-state index contributed by atoms with van der Waals surface area (Å²) < 4.78 is 0. The van der Waals surface area contributed by atoms with Crippen LogP contribution in [0.3, 0.4) is 0 Å². The Labute approximate surface area is 161 Å². The number of nitrogen functional groups attached to an aromatic ring is 1. The first-order valence-corrected chi connectivity index (χ1v) is 9.60. The smallest absolute Gasteiger partial charge is 0.160 e. The summed E-state index contributed by atoms with van der Waals surface area (Å²) in [6.07, 6.45) is 4.39. The third-order valence-electron chi connectivity index (χ3n) is 4.77. The van der Waals surface area contributed by atoms with Crippen molar-refractivity contribution in [2.45, 2.75) is 16.3 Å². The van der Waals surface area contributed by atoms with Gasteiger partial charge in [0.1, 0.15) is 17.0 Å². The lowest BCUT2D eigenvalue weighted by Gasteiger charge is -2.20. The summed E-state index contributed by atoms with van der Waals surface area (Å²) in [5.41, 5.74) is 10.6. The van der Waals surface area contributed by atoms with E-state index in [9.17, 15) is 0 Å². The molecular formula is C21H17N5S. The number of pyridine rings is 1. The molecule has 3 heterocycles. The zero-order chi connectivity index (χ0) is 18.2. The number of nitrogens with two attached hydrogens (primary N) is 1. The van der Waals surface area contributed by atoms with E-state index in [-0.39, 0.29) is 0 Å². The predicted octanol–water partition coefficient (Wildman–Crippen LogP) is 4.45. The Balaban J connectivity index is 1.55. The van der Waals surface area contributed by atoms with Gasteiger partial charge in [-0.2, -0.15) is 0 Å². The van der Waals surface area contributed by atoms with E-state index >= 15 is 0 Å². The molecule has 1 aliphatic rings. The fraction of sp³-hybridized carbons (Fsp3) is 0.0952. The Bertz CT molecular complexity index is 1140. The molecule has 0 saturated heterocycles. The third-order valence-corrected chi connectivity index (χ3v) is 5.84. The Morgan fingerprint density at radius 2 is 1.81 bits per heavy atom. The number of para-hydroxylation sites is 2. The van der Waals surface area contributed by atoms with Crippen LogP contribution >= 0.6 is 11.8 Å². The molecule has 2 N–H and O–H groups in total. The average Bonchev–Trinajstić information content (AvgIpc) is 3.14. The van der Waals surface area contributed by atoms with Crippen molar-refractivity contribution in [3.8, 4) is 0 Å². The van der Waals surface area contributed by atoms with Crippen LogP contribution in [0.4, 0.5) is 17.2 Å². The molecule has 0 fully saturated rings. The largest absolute Gasteiger partial charge is 0.394 e. The highest BCUT2D eigenvalue weighted by Crippen LogP contribution is 2.41. The van der Waals surface area contributed by atoms with E-state index in [1.165, 1.54) is 23.0 Å². The number of anilines is 3. The second-order valence-electron chi connectivity index (χ2n) is 6.38. The second-order valence-corrected chi connectivity index (χ2v) is 7.41. The van der Waals surface area contributed by atoms with E-state index in [4.69, 9.17) is 5.73 Å². The first-order valence-electron chi connectivity index (χ1n) is 8.79. The van der Waals surface area contributed by atoms with Gasteiger partial charge in [0.2, 0.25) is 0 Å². The molecule has 0 spiro atoms. The minimum absolute atomic E-state index is 0.604. The van der Waals surface area contributed by atoms with Gasteiger partial charge in [-0.05, 0) is 30.2 Å². The molecule has 0 saturated carbocycles. The maximum absolute atomic E-state index is 6.50. The SMILES string of the molecule is Nc1c(Sc2cccc3cccnc23)ncnc1N1CCc2ccccc21. The van der Waals surface area contributed by atoms with Crippen molar-refractivity contribution in [2.24, 2.45) is 0 Å². The van der Waals surface area contributed by atoms with Crippen LogP contribution in [0, 0.1) is 0 Å². The number of hydrogen-bond donors (Lipinski definition) is 1. The number of fused-ring (bicyclic) bond motifs is 2. The Hall–Kier alpha value is -3.12. The molecule has 6 heteroatoms. The monoisotopic (exact) mass is 371 g/mol. The van der Waals surface area contributed by atoms with Gasteiger partial charge in [-0.3, -0.25) is 4.98 Å². The minimum atomic E-state index is 0.604. The summed E-state index contributed by atoms with van der Waals surface area (Å²) in [7, 11) is 0. The van der Waals surface area contributed by atoms with Crippen LogP contribution in [-0.2, 0) is 6.42 Å². The van der Waals surface area contributed by atoms with Crippen LogP contribution in [0.25, 0.3) is 10.9 Å². The molecule has 0 amide bonds. The Morgan fingerprint density at radius 1 is 0.926 bits per heavy atom. The maximum Gasteiger partial charge on any atom is 0.160 e. The number of nitrogens with zero attached hydrogens (tertiary/aromatic N) is 4. The van der Waals surface area contributed by atoms with Crippen molar-refractivity contribution < 1.29 is 0 Å². The van der Waals surface area contributed by atoms with Gasteiger partial charge in [0.15, 0.2) is 5.82 Å². The number of rotatable bonds is 3. The summed E-state index contributed by atoms with van der Waals surface area (Å²) in [4.78, 5) is 16.7. The molecule has 5 nitrogen and oxygen atoms in total. The van der Waals surface area contributed by atoms with Crippen LogP contribution in [0.2, 0.25) is 0 Å². The van der Waals surface area contributed by atoms with E-state index in [2.05, 4.69) is 50.2 Å². The van der Waals surface area contributed by atoms with Crippen molar-refractivity contribution in [3.05, 3.63) is 72.7 Å². The normalized spacial score (nSPS) is 13.1. The lowest BCUT2D eigenvalue weighted by Crippen LogP contribution is -2.17. The van der Waals surface area contributed by atoms with Crippen molar-refractivity contribution in [1.82, 2.24) is 15.0 Å². The Kier molecular flexibility index (Phi) is 3.90. The van der Waals surface area contributed by atoms with Crippen LogP contribution in [0.15, 0.2) is 77.0 Å². The van der Waals surface area contributed by atoms with Gasteiger partial charge in [-0.25, -0.2) is 9.97 Å². The molecule has 0 aliphatic carbocycles. The topological polar surface area (TPSA) is 67.9 Å². The second kappa shape index (κ2) is 6.55.